The van der Waals surface area contributed by atoms with Crippen LogP contribution in [0.1, 0.15) is 48.7 Å². The van der Waals surface area contributed by atoms with Gasteiger partial charge in [-0.05, 0) is 87.9 Å². The average Bonchev–Trinajstić information content (AvgIpc) is 3.62. The molecule has 0 bridgehead atoms. The van der Waals surface area contributed by atoms with Crippen LogP contribution in [0.25, 0.3) is 11.0 Å². The van der Waals surface area contributed by atoms with E-state index in [0.717, 1.165) is 68.8 Å². The standard InChI is InChI=1S/C28H36N4O2/c1-19-9-12-25-24(16-19)29-20(2)32(25)26-13-15-31(18-27(26)34-3)14-5-7-21-6-4-8-23(17-21)30-28(33)22-10-11-22/h4,6,8-9,12,16-17,22,26-27H,5,7,10-11,13-15,18H2,1-3H3,(H,30,33)/t26-,27-/m0/s1. The highest BCUT2D eigenvalue weighted by atomic mass is 16.5. The number of rotatable bonds is 8. The van der Waals surface area contributed by atoms with Gasteiger partial charge in [0.2, 0.25) is 5.91 Å². The van der Waals surface area contributed by atoms with Gasteiger partial charge in [0.1, 0.15) is 5.82 Å². The number of nitrogens with zero attached hydrogens (tertiary/aromatic N) is 3. The summed E-state index contributed by atoms with van der Waals surface area (Å²) in [6, 6.07) is 15.2. The highest BCUT2D eigenvalue weighted by molar-refractivity contribution is 5.94. The summed E-state index contributed by atoms with van der Waals surface area (Å²) >= 11 is 0. The number of carbonyl (C=O) groups is 1. The molecule has 2 heterocycles. The molecule has 1 saturated carbocycles. The third-order valence-corrected chi connectivity index (χ3v) is 7.35. The van der Waals surface area contributed by atoms with E-state index < -0.39 is 0 Å². The molecule has 3 aromatic rings. The van der Waals surface area contributed by atoms with Gasteiger partial charge in [0.25, 0.3) is 0 Å². The van der Waals surface area contributed by atoms with Crippen LogP contribution in [0.4, 0.5) is 5.69 Å². The molecule has 1 N–H and O–H groups in total. The fourth-order valence-electron chi connectivity index (χ4n) is 5.35. The number of carbonyl (C=O) groups excluding carboxylic acids is 1. The zero-order valence-electron chi connectivity index (χ0n) is 20.6. The van der Waals surface area contributed by atoms with E-state index in [2.05, 4.69) is 59.0 Å². The predicted molar refractivity (Wildman–Crippen MR) is 136 cm³/mol. The highest BCUT2D eigenvalue weighted by Crippen LogP contribution is 2.32. The number of aryl methyl sites for hydroxylation is 3. The monoisotopic (exact) mass is 460 g/mol. The number of nitrogens with one attached hydrogen (secondary N) is 1. The van der Waals surface area contributed by atoms with Gasteiger partial charge in [-0.2, -0.15) is 0 Å². The Kier molecular flexibility index (Phi) is 6.70. The van der Waals surface area contributed by atoms with Crippen LogP contribution in [0.2, 0.25) is 0 Å². The van der Waals surface area contributed by atoms with Gasteiger partial charge in [-0.3, -0.25) is 4.79 Å². The second-order valence-electron chi connectivity index (χ2n) is 10.0. The smallest absolute Gasteiger partial charge is 0.227 e. The quantitative estimate of drug-likeness (QED) is 0.520. The fourth-order valence-corrected chi connectivity index (χ4v) is 5.35. The van der Waals surface area contributed by atoms with Crippen LogP contribution in [0.15, 0.2) is 42.5 Å². The van der Waals surface area contributed by atoms with Gasteiger partial charge >= 0.3 is 0 Å². The minimum absolute atomic E-state index is 0.145. The molecule has 6 heteroatoms. The number of likely N-dealkylation sites (tertiary alicyclic amines) is 1. The van der Waals surface area contributed by atoms with Gasteiger partial charge in [0.15, 0.2) is 0 Å². The maximum Gasteiger partial charge on any atom is 0.227 e. The van der Waals surface area contributed by atoms with Crippen molar-refractivity contribution in [2.75, 3.05) is 32.1 Å². The number of hydrogen-bond donors (Lipinski definition) is 1. The van der Waals surface area contributed by atoms with Crippen LogP contribution >= 0.6 is 0 Å². The summed E-state index contributed by atoms with van der Waals surface area (Å²) in [6.45, 7) is 7.27. The van der Waals surface area contributed by atoms with Gasteiger partial charge in [0, 0.05) is 31.8 Å². The highest BCUT2D eigenvalue weighted by Gasteiger charge is 2.32. The summed E-state index contributed by atoms with van der Waals surface area (Å²) in [5, 5.41) is 3.06. The van der Waals surface area contributed by atoms with E-state index >= 15 is 0 Å². The van der Waals surface area contributed by atoms with E-state index in [1.165, 1.54) is 16.6 Å². The van der Waals surface area contributed by atoms with E-state index in [1.807, 2.05) is 19.2 Å². The van der Waals surface area contributed by atoms with Crippen molar-refractivity contribution in [1.29, 1.82) is 0 Å². The lowest BCUT2D eigenvalue weighted by atomic mass is 10.00. The maximum atomic E-state index is 12.1. The summed E-state index contributed by atoms with van der Waals surface area (Å²) in [5.74, 6) is 1.46. The van der Waals surface area contributed by atoms with Crippen LogP contribution in [-0.2, 0) is 16.0 Å². The second-order valence-corrected chi connectivity index (χ2v) is 10.0. The molecular weight excluding hydrogens is 424 g/mol. The first-order valence-electron chi connectivity index (χ1n) is 12.6. The molecule has 180 valence electrons. The third kappa shape index (κ3) is 5.03. The number of hydrogen-bond acceptors (Lipinski definition) is 4. The van der Waals surface area contributed by atoms with Crippen molar-refractivity contribution < 1.29 is 9.53 Å². The van der Waals surface area contributed by atoms with Gasteiger partial charge in [-0.25, -0.2) is 4.98 Å². The lowest BCUT2D eigenvalue weighted by molar-refractivity contribution is -0.117. The number of anilines is 1. The molecule has 2 fully saturated rings. The summed E-state index contributed by atoms with van der Waals surface area (Å²) in [6.07, 6.45) is 5.36. The predicted octanol–water partition coefficient (Wildman–Crippen LogP) is 4.90. The molecular formula is C28H36N4O2. The Morgan fingerprint density at radius 1 is 1.15 bits per heavy atom. The maximum absolute atomic E-state index is 12.1. The Morgan fingerprint density at radius 3 is 2.79 bits per heavy atom. The lowest BCUT2D eigenvalue weighted by Crippen LogP contribution is -2.46. The number of ether oxygens (including phenoxy) is 1. The Bertz CT molecular complexity index is 1170. The minimum atomic E-state index is 0.145. The van der Waals surface area contributed by atoms with Crippen molar-refractivity contribution in [1.82, 2.24) is 14.5 Å². The van der Waals surface area contributed by atoms with Gasteiger partial charge in [0.05, 0.1) is 23.2 Å². The fraction of sp³-hybridized carbons (Fsp3) is 0.500. The summed E-state index contributed by atoms with van der Waals surface area (Å²) in [4.78, 5) is 19.4. The van der Waals surface area contributed by atoms with Crippen LogP contribution in [0, 0.1) is 19.8 Å². The minimum Gasteiger partial charge on any atom is -0.378 e. The largest absolute Gasteiger partial charge is 0.378 e. The van der Waals surface area contributed by atoms with Crippen LogP contribution in [0.3, 0.4) is 0 Å². The zero-order valence-corrected chi connectivity index (χ0v) is 20.6. The van der Waals surface area contributed by atoms with Crippen molar-refractivity contribution in [2.45, 2.75) is 58.1 Å². The first-order valence-corrected chi connectivity index (χ1v) is 12.6. The average molecular weight is 461 g/mol. The van der Waals surface area contributed by atoms with Crippen molar-refractivity contribution in [3.63, 3.8) is 0 Å². The molecule has 1 aliphatic heterocycles. The Balaban J connectivity index is 1.17. The Morgan fingerprint density at radius 2 is 2.00 bits per heavy atom. The van der Waals surface area contributed by atoms with E-state index in [4.69, 9.17) is 9.72 Å². The molecule has 34 heavy (non-hydrogen) atoms. The number of amides is 1. The second kappa shape index (κ2) is 9.88. The number of methoxy groups -OCH3 is 1. The molecule has 5 rings (SSSR count). The number of benzene rings is 2. The number of imidazole rings is 1. The Labute approximate surface area is 202 Å². The topological polar surface area (TPSA) is 59.4 Å². The van der Waals surface area contributed by atoms with Crippen molar-refractivity contribution in [3.8, 4) is 0 Å². The molecule has 0 unspecified atom stereocenters. The van der Waals surface area contributed by atoms with Gasteiger partial charge in [-0.1, -0.05) is 18.2 Å². The van der Waals surface area contributed by atoms with Crippen LogP contribution in [-0.4, -0.2) is 53.2 Å². The third-order valence-electron chi connectivity index (χ3n) is 7.35. The summed E-state index contributed by atoms with van der Waals surface area (Å²) in [5.41, 5.74) is 5.73. The van der Waals surface area contributed by atoms with E-state index in [9.17, 15) is 4.79 Å². The first-order chi connectivity index (χ1) is 16.5. The van der Waals surface area contributed by atoms with Gasteiger partial charge < -0.3 is 19.5 Å². The summed E-state index contributed by atoms with van der Waals surface area (Å²) in [7, 11) is 1.83. The lowest BCUT2D eigenvalue weighted by Gasteiger charge is -2.39. The van der Waals surface area contributed by atoms with Gasteiger partial charge in [-0.15, -0.1) is 0 Å². The van der Waals surface area contributed by atoms with E-state index in [-0.39, 0.29) is 17.9 Å². The first kappa shape index (κ1) is 23.1. The van der Waals surface area contributed by atoms with Crippen molar-refractivity contribution >= 4 is 22.6 Å². The molecule has 2 atom stereocenters. The Hall–Kier alpha value is -2.70. The van der Waals surface area contributed by atoms with Crippen molar-refractivity contribution in [2.24, 2.45) is 5.92 Å². The molecule has 0 spiro atoms. The SMILES string of the molecule is CO[C@H]1CN(CCCc2cccc(NC(=O)C3CC3)c2)CC[C@@H]1n1c(C)nc2cc(C)ccc21. The molecule has 2 aromatic carbocycles. The zero-order chi connectivity index (χ0) is 23.7. The molecule has 1 aliphatic carbocycles. The van der Waals surface area contributed by atoms with Crippen LogP contribution < -0.4 is 5.32 Å². The van der Waals surface area contributed by atoms with E-state index in [0.29, 0.717) is 6.04 Å². The molecule has 1 amide bonds. The number of aromatic nitrogens is 2. The van der Waals surface area contributed by atoms with Crippen molar-refractivity contribution in [3.05, 3.63) is 59.4 Å². The molecule has 1 saturated heterocycles. The molecule has 6 nitrogen and oxygen atoms in total. The molecule has 2 aliphatic rings. The number of piperidine rings is 1. The normalized spacial score (nSPS) is 21.1. The molecule has 1 aromatic heterocycles. The van der Waals surface area contributed by atoms with E-state index in [1.54, 1.807) is 0 Å². The molecule has 0 radical (unpaired) electrons. The number of fused-ring (bicyclic) bond motifs is 1. The van der Waals surface area contributed by atoms with Crippen LogP contribution in [0.5, 0.6) is 0 Å². The summed E-state index contributed by atoms with van der Waals surface area (Å²) < 4.78 is 8.39.